The molecule has 5 heteroatoms. The molecule has 0 unspecified atom stereocenters. The number of aromatic hydroxyl groups is 1. The maximum Gasteiger partial charge on any atom is 0.148 e. The zero-order valence-corrected chi connectivity index (χ0v) is 38.0. The molecular formula is C55H54N3OPt-. The molecule has 6 aromatic carbocycles. The molecule has 60 heavy (non-hydrogen) atoms. The van der Waals surface area contributed by atoms with Crippen LogP contribution in [0.15, 0.2) is 139 Å². The van der Waals surface area contributed by atoms with Crippen LogP contribution in [-0.2, 0) is 31.9 Å². The minimum Gasteiger partial charge on any atom is -0.507 e. The number of pyridine rings is 1. The molecule has 4 nitrogen and oxygen atoms in total. The molecule has 0 amide bonds. The fraction of sp³-hybridized carbons (Fsp3) is 0.236. The van der Waals surface area contributed by atoms with E-state index in [-0.39, 0.29) is 60.5 Å². The summed E-state index contributed by atoms with van der Waals surface area (Å²) in [5.74, 6) is 0.647. The van der Waals surface area contributed by atoms with Crippen LogP contribution in [0, 0.1) is 25.3 Å². The average Bonchev–Trinajstić information content (AvgIpc) is 3.67. The number of hydrogen-bond acceptors (Lipinski definition) is 3. The van der Waals surface area contributed by atoms with Crippen molar-refractivity contribution in [2.24, 2.45) is 5.41 Å². The predicted molar refractivity (Wildman–Crippen MR) is 247 cm³/mol. The van der Waals surface area contributed by atoms with Gasteiger partial charge in [0.15, 0.2) is 0 Å². The fourth-order valence-electron chi connectivity index (χ4n) is 7.49. The van der Waals surface area contributed by atoms with Crippen molar-refractivity contribution < 1.29 is 37.1 Å². The Kier molecular flexibility index (Phi) is 8.92. The predicted octanol–water partition coefficient (Wildman–Crippen LogP) is 14.5. The maximum absolute atomic E-state index is 11.9. The molecule has 2 heterocycles. The summed E-state index contributed by atoms with van der Waals surface area (Å²) >= 11 is 0. The summed E-state index contributed by atoms with van der Waals surface area (Å²) in [6, 6.07) is 30.2. The van der Waals surface area contributed by atoms with E-state index < -0.39 is 47.8 Å². The van der Waals surface area contributed by atoms with Gasteiger partial charge in [0.25, 0.3) is 0 Å². The van der Waals surface area contributed by atoms with Gasteiger partial charge < -0.3 is 5.11 Å². The number of hydrogen-bond donors (Lipinski definition) is 1. The molecule has 0 spiro atoms. The number of para-hydroxylation sites is 1. The third kappa shape index (κ3) is 7.91. The Balaban J connectivity index is 0.00000684. The molecule has 2 aromatic heterocycles. The molecule has 0 fully saturated rings. The quantitative estimate of drug-likeness (QED) is 0.162. The van der Waals surface area contributed by atoms with Crippen LogP contribution in [0.3, 0.4) is 0 Å². The Morgan fingerprint density at radius 2 is 1.38 bits per heavy atom. The van der Waals surface area contributed by atoms with E-state index in [1.165, 1.54) is 5.56 Å². The van der Waals surface area contributed by atoms with Crippen molar-refractivity contribution in [3.05, 3.63) is 168 Å². The number of imidazole rings is 1. The first-order chi connectivity index (χ1) is 31.3. The summed E-state index contributed by atoms with van der Waals surface area (Å²) in [4.78, 5) is 9.87. The van der Waals surface area contributed by atoms with Gasteiger partial charge in [0.2, 0.25) is 0 Å². The second-order valence-electron chi connectivity index (χ2n) is 18.0. The number of aryl methyl sites for hydroxylation is 2. The summed E-state index contributed by atoms with van der Waals surface area (Å²) in [6.07, 6.45) is -0.520. The Morgan fingerprint density at radius 1 is 0.667 bits per heavy atom. The average molecular weight is 976 g/mol. The topological polar surface area (TPSA) is 50.9 Å². The first-order valence-electron chi connectivity index (χ1n) is 24.0. The molecule has 0 saturated carbocycles. The monoisotopic (exact) mass is 975 g/mol. The molecule has 0 atom stereocenters. The zero-order valence-electron chi connectivity index (χ0n) is 43.8. The largest absolute Gasteiger partial charge is 0.507 e. The minimum absolute atomic E-state index is 0. The second kappa shape index (κ2) is 16.1. The zero-order chi connectivity index (χ0) is 48.8. The molecule has 8 rings (SSSR count). The van der Waals surface area contributed by atoms with Gasteiger partial charge in [0, 0.05) is 38.5 Å². The smallest absolute Gasteiger partial charge is 0.148 e. The molecule has 0 bridgehead atoms. The van der Waals surface area contributed by atoms with Crippen molar-refractivity contribution in [1.29, 1.82) is 0 Å². The van der Waals surface area contributed by atoms with E-state index in [9.17, 15) is 6.48 Å². The molecule has 0 aliphatic carbocycles. The number of phenolic OH excluding ortho intramolecular Hbond substituents is 1. The van der Waals surface area contributed by atoms with Crippen molar-refractivity contribution in [3.8, 4) is 67.5 Å². The van der Waals surface area contributed by atoms with Gasteiger partial charge in [-0.05, 0) is 93.8 Å². The van der Waals surface area contributed by atoms with E-state index in [1.54, 1.807) is 0 Å². The molecule has 0 aliphatic rings. The number of rotatable bonds is 7. The van der Waals surface area contributed by atoms with E-state index in [1.807, 2.05) is 74.5 Å². The van der Waals surface area contributed by atoms with Crippen LogP contribution in [0.4, 0.5) is 0 Å². The fourth-order valence-corrected chi connectivity index (χ4v) is 7.49. The Morgan fingerprint density at radius 3 is 2.08 bits per heavy atom. The number of fused-ring (bicyclic) bond motifs is 1. The van der Waals surface area contributed by atoms with Gasteiger partial charge in [-0.3, -0.25) is 9.55 Å². The van der Waals surface area contributed by atoms with Crippen LogP contribution in [0.5, 0.6) is 5.75 Å². The minimum atomic E-state index is -0.607. The Hall–Kier alpha value is -5.57. The third-order valence-corrected chi connectivity index (χ3v) is 11.9. The Bertz CT molecular complexity index is 3290. The number of benzene rings is 6. The van der Waals surface area contributed by atoms with E-state index in [4.69, 9.17) is 14.6 Å². The van der Waals surface area contributed by atoms with Crippen LogP contribution in [-0.4, -0.2) is 19.6 Å². The Labute approximate surface area is 381 Å². The van der Waals surface area contributed by atoms with E-state index in [0.717, 1.165) is 33.5 Å². The van der Waals surface area contributed by atoms with Gasteiger partial charge in [0.05, 0.1) is 33.3 Å². The second-order valence-corrected chi connectivity index (χ2v) is 18.0. The standard InChI is InChI=1S/C55H54N3O.Pt/c1-35-28-36(2)51(59)46(29-35)52-57-50-44(40-30-41(32-43(31-40)53(3,4)5)47-33-39(26-27-56-47)37-18-13-11-14-19-37)22-17-23-49(50)58(52)48-25-24-42(55(9,10)54(6,7)8)34-45(48)38-20-15-12-16-21-38;/h11-29,31-34,59H,1-10H3;/q-1;/i11D,13D,14D,18D,19D,26D,27D,33D;. The first-order valence-corrected chi connectivity index (χ1v) is 20.0. The molecule has 1 N–H and O–H groups in total. The van der Waals surface area contributed by atoms with Gasteiger partial charge in [-0.1, -0.05) is 157 Å². The summed E-state index contributed by atoms with van der Waals surface area (Å²) in [5, 5.41) is 11.9. The molecule has 0 radical (unpaired) electrons. The summed E-state index contributed by atoms with van der Waals surface area (Å²) < 4.78 is 71.4. The summed E-state index contributed by atoms with van der Waals surface area (Å²) in [5.41, 5.74) is 8.75. The molecule has 0 saturated heterocycles. The summed E-state index contributed by atoms with van der Waals surface area (Å²) in [6.45, 7) is 21.3. The normalized spacial score (nSPS) is 14.0. The maximum atomic E-state index is 11.9. The third-order valence-electron chi connectivity index (χ3n) is 11.9. The van der Waals surface area contributed by atoms with Crippen molar-refractivity contribution in [2.75, 3.05) is 0 Å². The van der Waals surface area contributed by atoms with Crippen LogP contribution in [0.2, 0.25) is 0 Å². The van der Waals surface area contributed by atoms with Crippen molar-refractivity contribution in [1.82, 2.24) is 14.5 Å². The molecule has 8 aromatic rings. The molecule has 306 valence electrons. The van der Waals surface area contributed by atoms with Crippen molar-refractivity contribution in [2.45, 2.75) is 80.1 Å². The van der Waals surface area contributed by atoms with E-state index in [2.05, 4.69) is 101 Å². The van der Waals surface area contributed by atoms with E-state index >= 15 is 0 Å². The number of aromatic nitrogens is 3. The van der Waals surface area contributed by atoms with Crippen LogP contribution in [0.25, 0.3) is 72.7 Å². The first kappa shape index (κ1) is 33.2. The SMILES string of the molecule is [2H]c1nc(-c2[c-]c(-c3cccc4c3nc(-c3cc(C)cc(C)c3O)n4-c3ccc(C(C)(C)C(C)(C)C)cc3-c3ccccc3)cc(C(C)(C)C)c2)c([2H])c(-c2c([2H])c([2H])c([2H])c([2H])c2[2H])c1[2H].[Pt]. The van der Waals surface area contributed by atoms with Gasteiger partial charge in [-0.25, -0.2) is 4.98 Å². The van der Waals surface area contributed by atoms with Crippen molar-refractivity contribution >= 4 is 11.0 Å². The van der Waals surface area contributed by atoms with Crippen LogP contribution >= 0.6 is 0 Å². The number of nitrogens with zero attached hydrogens (tertiary/aromatic N) is 3. The van der Waals surface area contributed by atoms with Crippen molar-refractivity contribution in [3.63, 3.8) is 0 Å². The van der Waals surface area contributed by atoms with Gasteiger partial charge in [-0.15, -0.1) is 29.3 Å². The van der Waals surface area contributed by atoms with Gasteiger partial charge in [0.1, 0.15) is 11.6 Å². The van der Waals surface area contributed by atoms with Gasteiger partial charge in [-0.2, -0.15) is 0 Å². The molecular weight excluding hydrogens is 914 g/mol. The summed E-state index contributed by atoms with van der Waals surface area (Å²) in [7, 11) is 0. The van der Waals surface area contributed by atoms with E-state index in [0.29, 0.717) is 39.2 Å². The number of phenols is 1. The van der Waals surface area contributed by atoms with Crippen LogP contribution in [0.1, 0.15) is 88.6 Å². The van der Waals surface area contributed by atoms with Gasteiger partial charge >= 0.3 is 0 Å². The molecule has 0 aliphatic heterocycles. The van der Waals surface area contributed by atoms with Crippen LogP contribution < -0.4 is 0 Å².